The Balaban J connectivity index is 1.94. The Morgan fingerprint density at radius 3 is 2.72 bits per heavy atom. The summed E-state index contributed by atoms with van der Waals surface area (Å²) in [6.07, 6.45) is 0. The lowest BCUT2D eigenvalue weighted by Crippen LogP contribution is -2.12. The predicted octanol–water partition coefficient (Wildman–Crippen LogP) is 2.58. The summed E-state index contributed by atoms with van der Waals surface area (Å²) in [5, 5.41) is 11.5. The summed E-state index contributed by atoms with van der Waals surface area (Å²) >= 11 is 5.78. The zero-order valence-corrected chi connectivity index (χ0v) is 10.9. The van der Waals surface area contributed by atoms with Crippen LogP contribution < -0.4 is 10.1 Å². The van der Waals surface area contributed by atoms with E-state index in [2.05, 4.69) is 15.5 Å². The molecular weight excluding hydrogens is 254 g/mol. The van der Waals surface area contributed by atoms with Crippen LogP contribution in [0.2, 0.25) is 5.02 Å². The second-order valence-electron chi connectivity index (χ2n) is 3.79. The Bertz CT molecular complexity index is 498. The SMILES string of the molecule is CNC(C)c1nnc(COc2ccc(Cl)cc2)o1. The lowest BCUT2D eigenvalue weighted by atomic mass is 10.3. The highest BCUT2D eigenvalue weighted by molar-refractivity contribution is 6.30. The van der Waals surface area contributed by atoms with Crippen LogP contribution in [0, 0.1) is 0 Å². The van der Waals surface area contributed by atoms with Gasteiger partial charge in [0.25, 0.3) is 5.89 Å². The molecule has 1 aromatic carbocycles. The third kappa shape index (κ3) is 3.21. The van der Waals surface area contributed by atoms with Crippen molar-refractivity contribution in [3.63, 3.8) is 0 Å². The molecule has 1 unspecified atom stereocenters. The average molecular weight is 268 g/mol. The molecule has 1 aromatic heterocycles. The van der Waals surface area contributed by atoms with Crippen LogP contribution in [0.3, 0.4) is 0 Å². The molecular formula is C12H14ClN3O2. The van der Waals surface area contributed by atoms with E-state index >= 15 is 0 Å². The van der Waals surface area contributed by atoms with Crippen LogP contribution in [0.15, 0.2) is 28.7 Å². The minimum atomic E-state index is 0.0294. The van der Waals surface area contributed by atoms with Crippen molar-refractivity contribution in [3.8, 4) is 5.75 Å². The van der Waals surface area contributed by atoms with E-state index in [-0.39, 0.29) is 12.6 Å². The van der Waals surface area contributed by atoms with Gasteiger partial charge in [0.05, 0.1) is 6.04 Å². The quantitative estimate of drug-likeness (QED) is 0.902. The van der Waals surface area contributed by atoms with Gasteiger partial charge in [-0.2, -0.15) is 0 Å². The molecule has 0 bridgehead atoms. The summed E-state index contributed by atoms with van der Waals surface area (Å²) in [6.45, 7) is 2.18. The topological polar surface area (TPSA) is 60.2 Å². The van der Waals surface area contributed by atoms with Gasteiger partial charge in [-0.25, -0.2) is 0 Å². The molecule has 2 rings (SSSR count). The van der Waals surface area contributed by atoms with Crippen molar-refractivity contribution in [2.75, 3.05) is 7.05 Å². The van der Waals surface area contributed by atoms with Crippen molar-refractivity contribution in [2.45, 2.75) is 19.6 Å². The molecule has 0 fully saturated rings. The Morgan fingerprint density at radius 1 is 1.33 bits per heavy atom. The van der Waals surface area contributed by atoms with Crippen LogP contribution in [-0.2, 0) is 6.61 Å². The van der Waals surface area contributed by atoms with Crippen LogP contribution in [0.5, 0.6) is 5.75 Å². The Kier molecular flexibility index (Phi) is 4.17. The lowest BCUT2D eigenvalue weighted by molar-refractivity contribution is 0.255. The van der Waals surface area contributed by atoms with E-state index < -0.39 is 0 Å². The van der Waals surface area contributed by atoms with Gasteiger partial charge in [0.15, 0.2) is 6.61 Å². The summed E-state index contributed by atoms with van der Waals surface area (Å²) in [5.41, 5.74) is 0. The van der Waals surface area contributed by atoms with Gasteiger partial charge in [-0.1, -0.05) is 11.6 Å². The molecule has 0 radical (unpaired) electrons. The predicted molar refractivity (Wildman–Crippen MR) is 67.6 cm³/mol. The van der Waals surface area contributed by atoms with Crippen molar-refractivity contribution in [1.29, 1.82) is 0 Å². The first-order valence-corrected chi connectivity index (χ1v) is 5.94. The Hall–Kier alpha value is -1.59. The van der Waals surface area contributed by atoms with Gasteiger partial charge >= 0.3 is 0 Å². The number of ether oxygens (including phenoxy) is 1. The van der Waals surface area contributed by atoms with Crippen molar-refractivity contribution in [1.82, 2.24) is 15.5 Å². The number of benzene rings is 1. The molecule has 5 nitrogen and oxygen atoms in total. The van der Waals surface area contributed by atoms with Gasteiger partial charge in [-0.15, -0.1) is 10.2 Å². The minimum Gasteiger partial charge on any atom is -0.484 e. The lowest BCUT2D eigenvalue weighted by Gasteiger charge is -2.04. The maximum Gasteiger partial charge on any atom is 0.253 e. The van der Waals surface area contributed by atoms with Crippen LogP contribution in [0.1, 0.15) is 24.7 Å². The van der Waals surface area contributed by atoms with E-state index in [0.717, 1.165) is 0 Å². The average Bonchev–Trinajstić information content (AvgIpc) is 2.86. The highest BCUT2D eigenvalue weighted by Crippen LogP contribution is 2.17. The molecule has 1 atom stereocenters. The minimum absolute atomic E-state index is 0.0294. The van der Waals surface area contributed by atoms with Gasteiger partial charge in [0, 0.05) is 5.02 Å². The number of rotatable bonds is 5. The van der Waals surface area contributed by atoms with E-state index in [4.69, 9.17) is 20.8 Å². The summed E-state index contributed by atoms with van der Waals surface area (Å²) in [7, 11) is 1.83. The molecule has 1 heterocycles. The molecule has 6 heteroatoms. The standard InChI is InChI=1S/C12H14ClN3O2/c1-8(14-2)12-16-15-11(18-12)7-17-10-5-3-9(13)4-6-10/h3-6,8,14H,7H2,1-2H3. The van der Waals surface area contributed by atoms with E-state index in [9.17, 15) is 0 Å². The molecule has 0 aliphatic heterocycles. The van der Waals surface area contributed by atoms with Gasteiger partial charge in [0.2, 0.25) is 5.89 Å². The maximum absolute atomic E-state index is 5.78. The summed E-state index contributed by atoms with van der Waals surface area (Å²) in [5.74, 6) is 1.70. The molecule has 0 saturated heterocycles. The molecule has 0 aliphatic carbocycles. The van der Waals surface area contributed by atoms with Gasteiger partial charge < -0.3 is 14.5 Å². The number of nitrogens with one attached hydrogen (secondary N) is 1. The first kappa shape index (κ1) is 12.9. The van der Waals surface area contributed by atoms with Crippen molar-refractivity contribution < 1.29 is 9.15 Å². The van der Waals surface area contributed by atoms with E-state index in [1.165, 1.54) is 0 Å². The zero-order chi connectivity index (χ0) is 13.0. The van der Waals surface area contributed by atoms with Gasteiger partial charge in [-0.3, -0.25) is 0 Å². The fourth-order valence-electron chi connectivity index (χ4n) is 1.30. The normalized spacial score (nSPS) is 12.4. The third-order valence-electron chi connectivity index (χ3n) is 2.46. The van der Waals surface area contributed by atoms with Gasteiger partial charge in [0.1, 0.15) is 5.75 Å². The van der Waals surface area contributed by atoms with Crippen LogP contribution in [0.4, 0.5) is 0 Å². The molecule has 18 heavy (non-hydrogen) atoms. The maximum atomic E-state index is 5.78. The zero-order valence-electron chi connectivity index (χ0n) is 10.2. The molecule has 2 aromatic rings. The van der Waals surface area contributed by atoms with Crippen molar-refractivity contribution in [2.24, 2.45) is 0 Å². The number of aromatic nitrogens is 2. The Morgan fingerprint density at radius 2 is 2.06 bits per heavy atom. The van der Waals surface area contributed by atoms with Crippen LogP contribution >= 0.6 is 11.6 Å². The second kappa shape index (κ2) is 5.84. The second-order valence-corrected chi connectivity index (χ2v) is 4.22. The largest absolute Gasteiger partial charge is 0.484 e. The highest BCUT2D eigenvalue weighted by atomic mass is 35.5. The van der Waals surface area contributed by atoms with Crippen LogP contribution in [-0.4, -0.2) is 17.2 Å². The fraction of sp³-hybridized carbons (Fsp3) is 0.333. The molecule has 0 saturated carbocycles. The number of nitrogens with zero attached hydrogens (tertiary/aromatic N) is 2. The van der Waals surface area contributed by atoms with E-state index in [0.29, 0.717) is 22.6 Å². The molecule has 1 N–H and O–H groups in total. The first-order valence-electron chi connectivity index (χ1n) is 5.57. The van der Waals surface area contributed by atoms with E-state index in [1.807, 2.05) is 14.0 Å². The molecule has 96 valence electrons. The fourth-order valence-corrected chi connectivity index (χ4v) is 1.43. The van der Waals surface area contributed by atoms with Crippen molar-refractivity contribution >= 4 is 11.6 Å². The van der Waals surface area contributed by atoms with Crippen LogP contribution in [0.25, 0.3) is 0 Å². The summed E-state index contributed by atoms with van der Waals surface area (Å²) < 4.78 is 10.9. The van der Waals surface area contributed by atoms with E-state index in [1.54, 1.807) is 24.3 Å². The highest BCUT2D eigenvalue weighted by Gasteiger charge is 2.12. The summed E-state index contributed by atoms with van der Waals surface area (Å²) in [4.78, 5) is 0. The number of hydrogen-bond acceptors (Lipinski definition) is 5. The molecule has 0 aliphatic rings. The van der Waals surface area contributed by atoms with Gasteiger partial charge in [-0.05, 0) is 38.2 Å². The smallest absolute Gasteiger partial charge is 0.253 e. The van der Waals surface area contributed by atoms with Crippen molar-refractivity contribution in [3.05, 3.63) is 41.1 Å². The first-order chi connectivity index (χ1) is 8.69. The summed E-state index contributed by atoms with van der Waals surface area (Å²) in [6, 6.07) is 7.13. The third-order valence-corrected chi connectivity index (χ3v) is 2.71. The number of halogens is 1. The molecule has 0 amide bonds. The molecule has 0 spiro atoms. The number of hydrogen-bond donors (Lipinski definition) is 1. The Labute approximate surface area is 110 Å². The monoisotopic (exact) mass is 267 g/mol.